The molecule has 0 N–H and O–H groups in total. The van der Waals surface area contributed by atoms with Gasteiger partial charge in [0.2, 0.25) is 0 Å². The molecule has 0 saturated carbocycles. The number of benzene rings is 1. The van der Waals surface area contributed by atoms with Crippen LogP contribution in [0.5, 0.6) is 5.75 Å². The highest BCUT2D eigenvalue weighted by atomic mass is 16.6. The van der Waals surface area contributed by atoms with E-state index in [1.165, 1.54) is 30.4 Å². The van der Waals surface area contributed by atoms with Gasteiger partial charge in [0.05, 0.1) is 18.1 Å². The van der Waals surface area contributed by atoms with Crippen molar-refractivity contribution in [2.24, 2.45) is 0 Å². The number of carbonyl (C=O) groups excluding carboxylic acids is 1. The molecule has 1 aliphatic heterocycles. The first-order valence-electron chi connectivity index (χ1n) is 6.24. The van der Waals surface area contributed by atoms with E-state index in [1.807, 2.05) is 6.92 Å². The normalized spacial score (nSPS) is 20.9. The summed E-state index contributed by atoms with van der Waals surface area (Å²) in [5.74, 6) is 0.343. The fraction of sp³-hybridized carbons (Fsp3) is 0.357. The summed E-state index contributed by atoms with van der Waals surface area (Å²) in [5, 5.41) is 10.8. The number of hydrogen-bond donors (Lipinski definition) is 0. The topological polar surface area (TPSA) is 82.0 Å². The lowest BCUT2D eigenvalue weighted by Gasteiger charge is -2.07. The number of non-ortho nitro benzene ring substituents is 1. The third-order valence-electron chi connectivity index (χ3n) is 3.02. The molecule has 1 saturated heterocycles. The van der Waals surface area contributed by atoms with Gasteiger partial charge in [-0.1, -0.05) is 0 Å². The van der Waals surface area contributed by atoms with E-state index in [0.29, 0.717) is 24.5 Å². The van der Waals surface area contributed by atoms with Gasteiger partial charge in [-0.2, -0.15) is 0 Å². The van der Waals surface area contributed by atoms with Crippen molar-refractivity contribution in [1.82, 2.24) is 0 Å². The fourth-order valence-corrected chi connectivity index (χ4v) is 1.66. The summed E-state index contributed by atoms with van der Waals surface area (Å²) in [6.07, 6.45) is 2.89. The Labute approximate surface area is 116 Å². The van der Waals surface area contributed by atoms with Gasteiger partial charge in [0.1, 0.15) is 5.75 Å². The van der Waals surface area contributed by atoms with Gasteiger partial charge in [-0.3, -0.25) is 14.9 Å². The predicted octanol–water partition coefficient (Wildman–Crippen LogP) is 2.36. The van der Waals surface area contributed by atoms with Crippen molar-refractivity contribution >= 4 is 17.5 Å². The average molecular weight is 277 g/mol. The Morgan fingerprint density at radius 3 is 2.85 bits per heavy atom. The fourth-order valence-electron chi connectivity index (χ4n) is 1.66. The van der Waals surface area contributed by atoms with Crippen LogP contribution in [0.3, 0.4) is 0 Å². The minimum atomic E-state index is -0.733. The highest BCUT2D eigenvalue weighted by Gasteiger charge is 2.45. The maximum absolute atomic E-state index is 11.8. The predicted molar refractivity (Wildman–Crippen MR) is 72.7 cm³/mol. The van der Waals surface area contributed by atoms with E-state index in [-0.39, 0.29) is 11.5 Å². The number of nitrogens with zero attached hydrogens (tertiary/aromatic N) is 1. The summed E-state index contributed by atoms with van der Waals surface area (Å²) >= 11 is 0. The lowest BCUT2D eigenvalue weighted by molar-refractivity contribution is -0.384. The zero-order valence-corrected chi connectivity index (χ0v) is 11.3. The second kappa shape index (κ2) is 5.42. The first kappa shape index (κ1) is 14.2. The van der Waals surface area contributed by atoms with Gasteiger partial charge in [-0.25, -0.2) is 0 Å². The molecule has 1 aliphatic rings. The molecule has 6 nitrogen and oxygen atoms in total. The molecule has 1 atom stereocenters. The maximum atomic E-state index is 11.8. The van der Waals surface area contributed by atoms with E-state index < -0.39 is 10.5 Å². The van der Waals surface area contributed by atoms with Crippen LogP contribution < -0.4 is 4.74 Å². The van der Waals surface area contributed by atoms with Crippen LogP contribution in [0.25, 0.3) is 6.08 Å². The summed E-state index contributed by atoms with van der Waals surface area (Å²) in [5.41, 5.74) is -0.281. The van der Waals surface area contributed by atoms with Crippen molar-refractivity contribution in [2.75, 3.05) is 13.2 Å². The smallest absolute Gasteiger partial charge is 0.270 e. The van der Waals surface area contributed by atoms with Gasteiger partial charge in [-0.15, -0.1) is 0 Å². The van der Waals surface area contributed by atoms with Crippen molar-refractivity contribution in [3.8, 4) is 5.75 Å². The van der Waals surface area contributed by atoms with E-state index in [2.05, 4.69) is 0 Å². The van der Waals surface area contributed by atoms with Gasteiger partial charge >= 0.3 is 0 Å². The van der Waals surface area contributed by atoms with Crippen LogP contribution in [0.4, 0.5) is 5.69 Å². The molecule has 1 unspecified atom stereocenters. The average Bonchev–Trinajstić information content (AvgIpc) is 3.16. The van der Waals surface area contributed by atoms with Crippen molar-refractivity contribution in [2.45, 2.75) is 19.4 Å². The summed E-state index contributed by atoms with van der Waals surface area (Å²) in [6, 6.07) is 4.28. The molecule has 106 valence electrons. The summed E-state index contributed by atoms with van der Waals surface area (Å²) in [6.45, 7) is 4.37. The van der Waals surface area contributed by atoms with Crippen LogP contribution in [-0.4, -0.2) is 29.5 Å². The minimum absolute atomic E-state index is 0.0468. The van der Waals surface area contributed by atoms with E-state index in [0.717, 1.165) is 0 Å². The van der Waals surface area contributed by atoms with E-state index >= 15 is 0 Å². The van der Waals surface area contributed by atoms with Crippen LogP contribution in [-0.2, 0) is 9.53 Å². The maximum Gasteiger partial charge on any atom is 0.270 e. The monoisotopic (exact) mass is 277 g/mol. The number of ether oxygens (including phenoxy) is 2. The number of nitro benzene ring substituents is 1. The van der Waals surface area contributed by atoms with Crippen LogP contribution in [0.15, 0.2) is 24.3 Å². The molecule has 0 amide bonds. The Hall–Kier alpha value is -2.21. The molecule has 1 aromatic carbocycles. The standard InChI is InChI=1S/C14H15NO5/c1-3-19-12-6-5-11(15(17)18)8-10(12)4-7-13(16)14(2)9-20-14/h4-8H,3,9H2,1-2H3. The number of ketones is 1. The van der Waals surface area contributed by atoms with Crippen molar-refractivity contribution < 1.29 is 19.2 Å². The Morgan fingerprint density at radius 1 is 1.60 bits per heavy atom. The molecular weight excluding hydrogens is 262 g/mol. The highest BCUT2D eigenvalue weighted by Crippen LogP contribution is 2.29. The molecular formula is C14H15NO5. The summed E-state index contributed by atoms with van der Waals surface area (Å²) in [4.78, 5) is 22.1. The van der Waals surface area contributed by atoms with Crippen LogP contribution in [0, 0.1) is 10.1 Å². The van der Waals surface area contributed by atoms with Crippen molar-refractivity contribution in [1.29, 1.82) is 0 Å². The SMILES string of the molecule is CCOc1ccc([N+](=O)[O-])cc1C=CC(=O)C1(C)CO1. The number of nitro groups is 1. The van der Waals surface area contributed by atoms with E-state index in [9.17, 15) is 14.9 Å². The van der Waals surface area contributed by atoms with Gasteiger partial charge in [0.25, 0.3) is 5.69 Å². The van der Waals surface area contributed by atoms with E-state index in [1.54, 1.807) is 6.92 Å². The largest absolute Gasteiger partial charge is 0.493 e. The third kappa shape index (κ3) is 3.03. The van der Waals surface area contributed by atoms with Crippen LogP contribution in [0.1, 0.15) is 19.4 Å². The number of carbonyl (C=O) groups is 1. The van der Waals surface area contributed by atoms with E-state index in [4.69, 9.17) is 9.47 Å². The quantitative estimate of drug-likeness (QED) is 0.345. The molecule has 0 radical (unpaired) electrons. The highest BCUT2D eigenvalue weighted by molar-refractivity contribution is 6.01. The molecule has 6 heteroatoms. The minimum Gasteiger partial charge on any atom is -0.493 e. The lowest BCUT2D eigenvalue weighted by atomic mass is 10.1. The van der Waals surface area contributed by atoms with Gasteiger partial charge in [0.15, 0.2) is 11.4 Å². The molecule has 0 bridgehead atoms. The molecule has 1 heterocycles. The third-order valence-corrected chi connectivity index (χ3v) is 3.02. The summed E-state index contributed by atoms with van der Waals surface area (Å²) in [7, 11) is 0. The molecule has 1 aromatic rings. The van der Waals surface area contributed by atoms with Crippen LogP contribution >= 0.6 is 0 Å². The molecule has 0 spiro atoms. The number of rotatable bonds is 6. The zero-order valence-electron chi connectivity index (χ0n) is 11.3. The second-order valence-corrected chi connectivity index (χ2v) is 4.63. The molecule has 20 heavy (non-hydrogen) atoms. The Bertz CT molecular complexity index is 575. The van der Waals surface area contributed by atoms with Gasteiger partial charge in [-0.05, 0) is 32.1 Å². The molecule has 1 fully saturated rings. The Kier molecular flexibility index (Phi) is 3.85. The molecule has 0 aliphatic carbocycles. The van der Waals surface area contributed by atoms with Crippen molar-refractivity contribution in [3.05, 3.63) is 40.0 Å². The zero-order chi connectivity index (χ0) is 14.8. The lowest BCUT2D eigenvalue weighted by Crippen LogP contribution is -2.17. The van der Waals surface area contributed by atoms with Crippen molar-refractivity contribution in [3.63, 3.8) is 0 Å². The Balaban J connectivity index is 2.27. The Morgan fingerprint density at radius 2 is 2.30 bits per heavy atom. The first-order valence-corrected chi connectivity index (χ1v) is 6.24. The second-order valence-electron chi connectivity index (χ2n) is 4.63. The molecule has 2 rings (SSSR count). The van der Waals surface area contributed by atoms with Gasteiger partial charge in [0, 0.05) is 17.7 Å². The van der Waals surface area contributed by atoms with Gasteiger partial charge < -0.3 is 9.47 Å². The summed E-state index contributed by atoms with van der Waals surface area (Å²) < 4.78 is 10.4. The number of epoxide rings is 1. The van der Waals surface area contributed by atoms with Crippen LogP contribution in [0.2, 0.25) is 0 Å². The number of hydrogen-bond acceptors (Lipinski definition) is 5. The first-order chi connectivity index (χ1) is 9.46. The molecule has 0 aromatic heterocycles.